The number of rotatable bonds is 32. The van der Waals surface area contributed by atoms with Crippen LogP contribution in [-0.4, -0.2) is 59.9 Å². The summed E-state index contributed by atoms with van der Waals surface area (Å²) in [7, 11) is -1.65. The van der Waals surface area contributed by atoms with Gasteiger partial charge in [-0.3, -0.25) is 9.59 Å². The Morgan fingerprint density at radius 1 is 0.571 bits per heavy atom. The van der Waals surface area contributed by atoms with Gasteiger partial charge in [0.1, 0.15) is 6.61 Å². The van der Waals surface area contributed by atoms with Crippen molar-refractivity contribution < 1.29 is 34.4 Å². The van der Waals surface area contributed by atoms with E-state index in [1.165, 1.54) is 134 Å². The van der Waals surface area contributed by atoms with E-state index in [4.69, 9.17) is 4.74 Å². The fourth-order valence-corrected chi connectivity index (χ4v) is 11.7. The molecule has 1 unspecified atom stereocenters. The van der Waals surface area contributed by atoms with Crippen molar-refractivity contribution >= 4 is 25.8 Å². The summed E-state index contributed by atoms with van der Waals surface area (Å²) in [5, 5.41) is 28.5. The molecule has 0 spiro atoms. The molecular weight excluding hydrogens is 548 g/mol. The highest BCUT2D eigenvalue weighted by Crippen LogP contribution is 2.35. The van der Waals surface area contributed by atoms with Crippen LogP contribution >= 0.6 is 0 Å². The number of Topliss-reactive ketones (excluding diaryl/α,β-unsaturated/α-hetero) is 1. The average molecular weight is 615 g/mol. The molecule has 0 aliphatic rings. The summed E-state index contributed by atoms with van der Waals surface area (Å²) in [5.41, 5.74) is -2.13. The van der Waals surface area contributed by atoms with Gasteiger partial charge in [-0.2, -0.15) is 0 Å². The standard InChI is InChI=1S/C34H66O7Si/c1-4-7-10-13-16-19-24-42(25-20-17-14-11-8-5-2,26-21-18-15-12-9-6-3)27-22-23-41-34(33(39)40,29-32(37)38)28-31(36)30-35/h35H,4-30H2,1-3H3,(H,37,38)(H,39,40). The van der Waals surface area contributed by atoms with Crippen molar-refractivity contribution in [1.29, 1.82) is 0 Å². The second-order valence-corrected chi connectivity index (χ2v) is 17.7. The van der Waals surface area contributed by atoms with Crippen molar-refractivity contribution in [3.63, 3.8) is 0 Å². The van der Waals surface area contributed by atoms with Gasteiger partial charge in [0.05, 0.1) is 14.5 Å². The zero-order valence-corrected chi connectivity index (χ0v) is 28.6. The Labute approximate surface area is 258 Å². The third-order valence-corrected chi connectivity index (χ3v) is 14.6. The number of carboxylic acid groups (broad SMARTS) is 2. The van der Waals surface area contributed by atoms with Crippen molar-refractivity contribution in [2.45, 2.75) is 185 Å². The van der Waals surface area contributed by atoms with Crippen LogP contribution in [0.1, 0.15) is 156 Å². The van der Waals surface area contributed by atoms with Crippen LogP contribution in [0.25, 0.3) is 0 Å². The SMILES string of the molecule is CCCCCCCC[Si](CCCCCCCC)(CCCCCCCC)CCCOC(CC(=O)O)(CC(=O)CO)C(=O)O. The van der Waals surface area contributed by atoms with Crippen LogP contribution in [0, 0.1) is 0 Å². The van der Waals surface area contributed by atoms with Gasteiger partial charge in [0.15, 0.2) is 11.4 Å². The lowest BCUT2D eigenvalue weighted by Crippen LogP contribution is -2.46. The predicted octanol–water partition coefficient (Wildman–Crippen LogP) is 9.17. The zero-order valence-electron chi connectivity index (χ0n) is 27.6. The molecular formula is C34H66O7Si. The molecule has 42 heavy (non-hydrogen) atoms. The highest BCUT2D eigenvalue weighted by atomic mass is 28.3. The molecule has 0 aromatic carbocycles. The van der Waals surface area contributed by atoms with Crippen molar-refractivity contribution in [2.24, 2.45) is 0 Å². The molecule has 0 heterocycles. The molecule has 7 nitrogen and oxygen atoms in total. The van der Waals surface area contributed by atoms with E-state index >= 15 is 0 Å². The molecule has 1 atom stereocenters. The molecule has 8 heteroatoms. The Hall–Kier alpha value is -1.25. The Bertz CT molecular complexity index is 659. The van der Waals surface area contributed by atoms with Gasteiger partial charge in [-0.15, -0.1) is 0 Å². The number of carboxylic acids is 2. The molecule has 0 bridgehead atoms. The summed E-state index contributed by atoms with van der Waals surface area (Å²) in [4.78, 5) is 35.6. The molecule has 0 radical (unpaired) electrons. The van der Waals surface area contributed by atoms with Gasteiger partial charge in [-0.25, -0.2) is 4.79 Å². The number of hydrogen-bond donors (Lipinski definition) is 3. The second-order valence-electron chi connectivity index (χ2n) is 12.7. The predicted molar refractivity (Wildman–Crippen MR) is 175 cm³/mol. The topological polar surface area (TPSA) is 121 Å². The summed E-state index contributed by atoms with van der Waals surface area (Å²) in [5.74, 6) is -3.51. The second kappa shape index (κ2) is 26.2. The number of carbonyl (C=O) groups excluding carboxylic acids is 1. The number of unbranched alkanes of at least 4 members (excludes halogenated alkanes) is 15. The van der Waals surface area contributed by atoms with Crippen LogP contribution in [0.4, 0.5) is 0 Å². The van der Waals surface area contributed by atoms with E-state index in [0.29, 0.717) is 6.42 Å². The van der Waals surface area contributed by atoms with E-state index in [0.717, 1.165) is 6.04 Å². The van der Waals surface area contributed by atoms with Gasteiger partial charge in [0, 0.05) is 13.0 Å². The smallest absolute Gasteiger partial charge is 0.337 e. The number of ketones is 1. The van der Waals surface area contributed by atoms with Crippen LogP contribution in [-0.2, 0) is 19.1 Å². The highest BCUT2D eigenvalue weighted by molar-refractivity contribution is 6.79. The Kier molecular flexibility index (Phi) is 25.4. The first-order chi connectivity index (χ1) is 20.2. The molecule has 0 saturated heterocycles. The molecule has 0 aromatic rings. The molecule has 0 aliphatic carbocycles. The summed E-state index contributed by atoms with van der Waals surface area (Å²) >= 11 is 0. The number of aliphatic hydroxyl groups is 1. The number of hydrogen-bond acceptors (Lipinski definition) is 5. The third-order valence-electron chi connectivity index (χ3n) is 8.90. The fourth-order valence-electron chi connectivity index (χ4n) is 6.30. The van der Waals surface area contributed by atoms with Crippen LogP contribution in [0.3, 0.4) is 0 Å². The largest absolute Gasteiger partial charge is 0.481 e. The number of aliphatic hydroxyl groups excluding tert-OH is 1. The molecule has 3 N–H and O–H groups in total. The van der Waals surface area contributed by atoms with Gasteiger partial charge >= 0.3 is 11.9 Å². The van der Waals surface area contributed by atoms with Crippen molar-refractivity contribution in [1.82, 2.24) is 0 Å². The van der Waals surface area contributed by atoms with Gasteiger partial charge in [0.25, 0.3) is 0 Å². The summed E-state index contributed by atoms with van der Waals surface area (Å²) in [6.45, 7) is 6.03. The van der Waals surface area contributed by atoms with E-state index < -0.39 is 50.8 Å². The summed E-state index contributed by atoms with van der Waals surface area (Å²) in [6, 6.07) is 4.99. The van der Waals surface area contributed by atoms with Crippen LogP contribution in [0.15, 0.2) is 0 Å². The minimum Gasteiger partial charge on any atom is -0.481 e. The Balaban J connectivity index is 5.55. The van der Waals surface area contributed by atoms with E-state index in [1.807, 2.05) is 0 Å². The average Bonchev–Trinajstić information content (AvgIpc) is 2.96. The first-order valence-corrected chi connectivity index (χ1v) is 20.3. The van der Waals surface area contributed by atoms with E-state index in [1.54, 1.807) is 0 Å². The van der Waals surface area contributed by atoms with E-state index in [2.05, 4.69) is 20.8 Å². The van der Waals surface area contributed by atoms with Crippen molar-refractivity contribution in [3.05, 3.63) is 0 Å². The molecule has 0 fully saturated rings. The maximum absolute atomic E-state index is 12.1. The first kappa shape index (κ1) is 40.7. The van der Waals surface area contributed by atoms with Gasteiger partial charge in [-0.1, -0.05) is 161 Å². The van der Waals surface area contributed by atoms with E-state index in [9.17, 15) is 29.7 Å². The normalized spacial score (nSPS) is 13.2. The summed E-state index contributed by atoms with van der Waals surface area (Å²) < 4.78 is 5.79. The maximum atomic E-state index is 12.1. The molecule has 248 valence electrons. The molecule has 0 aliphatic heterocycles. The van der Waals surface area contributed by atoms with Crippen LogP contribution in [0.5, 0.6) is 0 Å². The minimum atomic E-state index is -2.13. The minimum absolute atomic E-state index is 0.122. The van der Waals surface area contributed by atoms with Crippen LogP contribution in [0.2, 0.25) is 24.2 Å². The lowest BCUT2D eigenvalue weighted by molar-refractivity contribution is -0.175. The summed E-state index contributed by atoms with van der Waals surface area (Å²) in [6.07, 6.45) is 22.4. The molecule has 0 aromatic heterocycles. The highest BCUT2D eigenvalue weighted by Gasteiger charge is 2.44. The fraction of sp³-hybridized carbons (Fsp3) is 0.912. The monoisotopic (exact) mass is 614 g/mol. The number of aliphatic carboxylic acids is 2. The number of ether oxygens (including phenoxy) is 1. The Morgan fingerprint density at radius 2 is 0.952 bits per heavy atom. The van der Waals surface area contributed by atoms with Crippen molar-refractivity contribution in [3.8, 4) is 0 Å². The van der Waals surface area contributed by atoms with Gasteiger partial charge < -0.3 is 20.1 Å². The van der Waals surface area contributed by atoms with Crippen molar-refractivity contribution in [2.75, 3.05) is 13.2 Å². The zero-order chi connectivity index (χ0) is 31.5. The van der Waals surface area contributed by atoms with Crippen LogP contribution < -0.4 is 0 Å². The first-order valence-electron chi connectivity index (χ1n) is 17.4. The Morgan fingerprint density at radius 3 is 1.31 bits per heavy atom. The maximum Gasteiger partial charge on any atom is 0.337 e. The van der Waals surface area contributed by atoms with Gasteiger partial charge in [0.2, 0.25) is 0 Å². The lowest BCUT2D eigenvalue weighted by atomic mass is 9.93. The third kappa shape index (κ3) is 19.8. The molecule has 0 rings (SSSR count). The van der Waals surface area contributed by atoms with Gasteiger partial charge in [-0.05, 0) is 6.42 Å². The quantitative estimate of drug-likeness (QED) is 0.0510. The van der Waals surface area contributed by atoms with E-state index in [-0.39, 0.29) is 6.61 Å². The lowest BCUT2D eigenvalue weighted by Gasteiger charge is -2.34. The molecule has 0 amide bonds. The molecule has 0 saturated carbocycles. The number of carbonyl (C=O) groups is 3.